The number of hydrogen-bond acceptors (Lipinski definition) is 5. The van der Waals surface area contributed by atoms with E-state index in [-0.39, 0.29) is 23.1 Å². The van der Waals surface area contributed by atoms with E-state index >= 15 is 0 Å². The number of fused-ring (bicyclic) bond motifs is 1. The summed E-state index contributed by atoms with van der Waals surface area (Å²) in [5, 5.41) is 8.14. The third-order valence-electron chi connectivity index (χ3n) is 3.81. The van der Waals surface area contributed by atoms with Gasteiger partial charge in [-0.3, -0.25) is 9.59 Å². The number of carbonyl (C=O) groups excluding carboxylic acids is 1. The molecule has 2 aromatic heterocycles. The summed E-state index contributed by atoms with van der Waals surface area (Å²) < 4.78 is 7.28. The fourth-order valence-electron chi connectivity index (χ4n) is 2.57. The van der Waals surface area contributed by atoms with Gasteiger partial charge in [0.1, 0.15) is 5.58 Å². The van der Waals surface area contributed by atoms with Crippen LogP contribution in [0, 0.1) is 0 Å². The van der Waals surface area contributed by atoms with Crippen LogP contribution in [0.5, 0.6) is 0 Å². The molecule has 0 N–H and O–H groups in total. The van der Waals surface area contributed by atoms with Gasteiger partial charge in [-0.1, -0.05) is 17.3 Å². The Morgan fingerprint density at radius 3 is 2.86 bits per heavy atom. The van der Waals surface area contributed by atoms with Crippen molar-refractivity contribution in [1.29, 1.82) is 0 Å². The van der Waals surface area contributed by atoms with Gasteiger partial charge in [0.15, 0.2) is 11.2 Å². The lowest BCUT2D eigenvalue weighted by molar-refractivity contribution is 0.0467. The maximum absolute atomic E-state index is 12.4. The Labute approximate surface area is 124 Å². The van der Waals surface area contributed by atoms with Gasteiger partial charge in [0, 0.05) is 25.4 Å². The summed E-state index contributed by atoms with van der Waals surface area (Å²) in [6, 6.07) is 8.27. The summed E-state index contributed by atoms with van der Waals surface area (Å²) >= 11 is 0. The highest BCUT2D eigenvalue weighted by atomic mass is 16.3. The van der Waals surface area contributed by atoms with Gasteiger partial charge in [0.05, 0.1) is 17.6 Å². The third kappa shape index (κ3) is 1.98. The van der Waals surface area contributed by atoms with Gasteiger partial charge >= 0.3 is 0 Å². The smallest absolute Gasteiger partial charge is 0.289 e. The second-order valence-electron chi connectivity index (χ2n) is 5.22. The Morgan fingerprint density at radius 1 is 1.27 bits per heavy atom. The number of para-hydroxylation sites is 1. The summed E-state index contributed by atoms with van der Waals surface area (Å²) in [6.45, 7) is 1.05. The quantitative estimate of drug-likeness (QED) is 0.707. The second kappa shape index (κ2) is 4.80. The van der Waals surface area contributed by atoms with Crippen molar-refractivity contribution in [2.24, 2.45) is 0 Å². The van der Waals surface area contributed by atoms with Gasteiger partial charge in [-0.05, 0) is 12.1 Å². The van der Waals surface area contributed by atoms with E-state index in [1.807, 2.05) is 0 Å². The van der Waals surface area contributed by atoms with Crippen molar-refractivity contribution in [3.8, 4) is 0 Å². The molecule has 22 heavy (non-hydrogen) atoms. The zero-order chi connectivity index (χ0) is 15.1. The van der Waals surface area contributed by atoms with E-state index < -0.39 is 0 Å². The summed E-state index contributed by atoms with van der Waals surface area (Å²) in [7, 11) is 0. The molecule has 1 aliphatic heterocycles. The van der Waals surface area contributed by atoms with E-state index in [2.05, 4.69) is 10.3 Å². The first-order valence-electron chi connectivity index (χ1n) is 6.90. The Balaban J connectivity index is 1.58. The Hall–Kier alpha value is -2.96. The van der Waals surface area contributed by atoms with Gasteiger partial charge in [0.25, 0.3) is 5.91 Å². The highest BCUT2D eigenvalue weighted by molar-refractivity contribution is 5.93. The minimum absolute atomic E-state index is 0.0701. The maximum Gasteiger partial charge on any atom is 0.289 e. The molecule has 1 saturated heterocycles. The molecule has 1 aliphatic rings. The Bertz CT molecular complexity index is 895. The van der Waals surface area contributed by atoms with Gasteiger partial charge < -0.3 is 9.32 Å². The van der Waals surface area contributed by atoms with Crippen LogP contribution in [-0.2, 0) is 0 Å². The van der Waals surface area contributed by atoms with Crippen molar-refractivity contribution >= 4 is 16.9 Å². The molecule has 1 aromatic carbocycles. The largest absolute Gasteiger partial charge is 0.451 e. The van der Waals surface area contributed by atoms with Gasteiger partial charge in [-0.25, -0.2) is 4.68 Å². The van der Waals surface area contributed by atoms with Crippen molar-refractivity contribution in [3.05, 3.63) is 58.7 Å². The molecule has 7 heteroatoms. The van der Waals surface area contributed by atoms with Crippen molar-refractivity contribution in [2.45, 2.75) is 6.04 Å². The number of hydrogen-bond donors (Lipinski definition) is 0. The van der Waals surface area contributed by atoms with Crippen LogP contribution in [0.25, 0.3) is 11.0 Å². The lowest BCUT2D eigenvalue weighted by Crippen LogP contribution is -2.51. The van der Waals surface area contributed by atoms with Crippen LogP contribution in [0.3, 0.4) is 0 Å². The zero-order valence-electron chi connectivity index (χ0n) is 11.5. The number of amides is 1. The average Bonchev–Trinajstić information content (AvgIpc) is 2.99. The average molecular weight is 296 g/mol. The SMILES string of the molecule is O=C(c1cc(=O)c2ccccc2o1)N1CC(n2ccnn2)C1. The molecule has 3 heterocycles. The number of carbonyl (C=O) groups is 1. The summed E-state index contributed by atoms with van der Waals surface area (Å²) in [4.78, 5) is 26.0. The zero-order valence-corrected chi connectivity index (χ0v) is 11.5. The van der Waals surface area contributed by atoms with Crippen LogP contribution >= 0.6 is 0 Å². The third-order valence-corrected chi connectivity index (χ3v) is 3.81. The predicted molar refractivity (Wildman–Crippen MR) is 77.4 cm³/mol. The Kier molecular flexibility index (Phi) is 2.78. The highest BCUT2D eigenvalue weighted by Gasteiger charge is 2.34. The van der Waals surface area contributed by atoms with Crippen molar-refractivity contribution in [3.63, 3.8) is 0 Å². The lowest BCUT2D eigenvalue weighted by Gasteiger charge is -2.38. The van der Waals surface area contributed by atoms with Crippen molar-refractivity contribution in [2.75, 3.05) is 13.1 Å². The van der Waals surface area contributed by atoms with Gasteiger partial charge in [-0.2, -0.15) is 0 Å². The number of benzene rings is 1. The minimum Gasteiger partial charge on any atom is -0.451 e. The maximum atomic E-state index is 12.4. The van der Waals surface area contributed by atoms with Crippen LogP contribution in [-0.4, -0.2) is 38.9 Å². The molecule has 1 amide bonds. The molecular weight excluding hydrogens is 284 g/mol. The standard InChI is InChI=1S/C15H12N4O3/c20-12-7-14(22-13-4-2-1-3-11(12)13)15(21)18-8-10(9-18)19-6-5-16-17-19/h1-7,10H,8-9H2. The van der Waals surface area contributed by atoms with Crippen LogP contribution in [0.4, 0.5) is 0 Å². The molecule has 0 spiro atoms. The molecule has 0 unspecified atom stereocenters. The molecule has 7 nitrogen and oxygen atoms in total. The molecule has 0 atom stereocenters. The van der Waals surface area contributed by atoms with E-state index in [9.17, 15) is 9.59 Å². The summed E-state index contributed by atoms with van der Waals surface area (Å²) in [5.41, 5.74) is 0.213. The fourth-order valence-corrected chi connectivity index (χ4v) is 2.57. The van der Waals surface area contributed by atoms with Crippen LogP contribution < -0.4 is 5.43 Å². The van der Waals surface area contributed by atoms with Crippen LogP contribution in [0.1, 0.15) is 16.6 Å². The van der Waals surface area contributed by atoms with Crippen LogP contribution in [0.15, 0.2) is 51.9 Å². The van der Waals surface area contributed by atoms with E-state index in [0.29, 0.717) is 24.1 Å². The lowest BCUT2D eigenvalue weighted by atomic mass is 10.1. The monoisotopic (exact) mass is 296 g/mol. The van der Waals surface area contributed by atoms with E-state index in [4.69, 9.17) is 4.42 Å². The van der Waals surface area contributed by atoms with E-state index in [0.717, 1.165) is 0 Å². The van der Waals surface area contributed by atoms with Gasteiger partial charge in [0.2, 0.25) is 0 Å². The second-order valence-corrected chi connectivity index (χ2v) is 5.22. The fraction of sp³-hybridized carbons (Fsp3) is 0.200. The Morgan fingerprint density at radius 2 is 2.09 bits per heavy atom. The number of aromatic nitrogens is 3. The summed E-state index contributed by atoms with van der Waals surface area (Å²) in [5.74, 6) is -0.208. The first-order chi connectivity index (χ1) is 10.7. The molecule has 0 radical (unpaired) electrons. The van der Waals surface area contributed by atoms with Crippen molar-refractivity contribution in [1.82, 2.24) is 19.9 Å². The highest BCUT2D eigenvalue weighted by Crippen LogP contribution is 2.22. The number of likely N-dealkylation sites (tertiary alicyclic amines) is 1. The normalized spacial score (nSPS) is 15.0. The summed E-state index contributed by atoms with van der Waals surface area (Å²) in [6.07, 6.45) is 3.37. The van der Waals surface area contributed by atoms with Crippen LogP contribution in [0.2, 0.25) is 0 Å². The first kappa shape index (κ1) is 12.8. The molecule has 0 saturated carbocycles. The topological polar surface area (TPSA) is 81.2 Å². The van der Waals surface area contributed by atoms with Gasteiger partial charge in [-0.15, -0.1) is 5.10 Å². The molecule has 0 bridgehead atoms. The van der Waals surface area contributed by atoms with E-state index in [1.165, 1.54) is 6.07 Å². The molecular formula is C15H12N4O3. The molecule has 0 aliphatic carbocycles. The number of nitrogens with zero attached hydrogens (tertiary/aromatic N) is 4. The van der Waals surface area contributed by atoms with E-state index in [1.54, 1.807) is 46.2 Å². The number of rotatable bonds is 2. The molecule has 4 rings (SSSR count). The first-order valence-corrected chi connectivity index (χ1v) is 6.90. The predicted octanol–water partition coefficient (Wildman–Crippen LogP) is 1.08. The molecule has 1 fully saturated rings. The molecule has 110 valence electrons. The van der Waals surface area contributed by atoms with Crippen molar-refractivity contribution < 1.29 is 9.21 Å². The molecule has 3 aromatic rings. The minimum atomic E-state index is -0.279.